The van der Waals surface area contributed by atoms with Gasteiger partial charge in [0.2, 0.25) is 0 Å². The van der Waals surface area contributed by atoms with Gasteiger partial charge in [0.25, 0.3) is 0 Å². The highest BCUT2D eigenvalue weighted by atomic mass is 35.5. The highest BCUT2D eigenvalue weighted by Gasteiger charge is 2.18. The Morgan fingerprint density at radius 3 is 2.56 bits per heavy atom. The fourth-order valence-corrected chi connectivity index (χ4v) is 1.59. The van der Waals surface area contributed by atoms with Crippen LogP contribution in [-0.2, 0) is 4.74 Å². The third kappa shape index (κ3) is 4.55. The van der Waals surface area contributed by atoms with E-state index >= 15 is 0 Å². The third-order valence-electron chi connectivity index (χ3n) is 2.10. The van der Waals surface area contributed by atoms with Gasteiger partial charge in [-0.3, -0.25) is 5.32 Å². The van der Waals surface area contributed by atoms with Gasteiger partial charge in [0.05, 0.1) is 6.10 Å². The van der Waals surface area contributed by atoms with Crippen LogP contribution < -0.4 is 5.32 Å². The number of carbonyl (C=O) groups excluding carboxylic acids is 1. The molecule has 4 nitrogen and oxygen atoms in total. The topological polar surface area (TPSA) is 58.6 Å². The lowest BCUT2D eigenvalue weighted by Crippen LogP contribution is -2.27. The second-order valence-corrected chi connectivity index (χ2v) is 5.47. The van der Waals surface area contributed by atoms with E-state index in [4.69, 9.17) is 16.3 Å². The van der Waals surface area contributed by atoms with Crippen molar-refractivity contribution in [1.29, 1.82) is 0 Å². The van der Waals surface area contributed by atoms with Gasteiger partial charge in [-0.1, -0.05) is 11.6 Å². The van der Waals surface area contributed by atoms with Crippen LogP contribution in [0.15, 0.2) is 18.2 Å². The minimum absolute atomic E-state index is 0.489. The summed E-state index contributed by atoms with van der Waals surface area (Å²) in [6.07, 6.45) is -1.29. The Hall–Kier alpha value is -1.26. The van der Waals surface area contributed by atoms with Gasteiger partial charge in [-0.25, -0.2) is 4.79 Å². The zero-order chi connectivity index (χ0) is 13.9. The van der Waals surface area contributed by atoms with Gasteiger partial charge >= 0.3 is 6.09 Å². The normalized spacial score (nSPS) is 13.0. The predicted octanol–water partition coefficient (Wildman–Crippen LogP) is 3.74. The van der Waals surface area contributed by atoms with E-state index in [1.165, 1.54) is 0 Å². The van der Waals surface area contributed by atoms with E-state index in [-0.39, 0.29) is 0 Å². The second-order valence-electron chi connectivity index (χ2n) is 5.03. The number of amides is 1. The SMILES string of the molecule is C[C@@H](O)c1cc(Cl)ccc1NC(=O)OC(C)(C)C. The smallest absolute Gasteiger partial charge is 0.412 e. The van der Waals surface area contributed by atoms with Crippen LogP contribution in [-0.4, -0.2) is 16.8 Å². The number of aliphatic hydroxyl groups excluding tert-OH is 1. The van der Waals surface area contributed by atoms with Crippen molar-refractivity contribution in [2.45, 2.75) is 39.4 Å². The van der Waals surface area contributed by atoms with Crippen LogP contribution in [0.5, 0.6) is 0 Å². The molecule has 0 aliphatic heterocycles. The molecule has 0 spiro atoms. The molecule has 5 heteroatoms. The van der Waals surface area contributed by atoms with Crippen molar-refractivity contribution in [1.82, 2.24) is 0 Å². The first-order chi connectivity index (χ1) is 8.19. The molecule has 18 heavy (non-hydrogen) atoms. The van der Waals surface area contributed by atoms with Crippen LogP contribution in [0.1, 0.15) is 39.4 Å². The predicted molar refractivity (Wildman–Crippen MR) is 71.9 cm³/mol. The van der Waals surface area contributed by atoms with Crippen molar-refractivity contribution in [3.8, 4) is 0 Å². The lowest BCUT2D eigenvalue weighted by atomic mass is 10.1. The molecule has 0 radical (unpaired) electrons. The zero-order valence-electron chi connectivity index (χ0n) is 11.0. The highest BCUT2D eigenvalue weighted by Crippen LogP contribution is 2.26. The van der Waals surface area contributed by atoms with Crippen LogP contribution in [0.25, 0.3) is 0 Å². The fraction of sp³-hybridized carbons (Fsp3) is 0.462. The molecule has 1 amide bonds. The number of ether oxygens (including phenoxy) is 1. The first kappa shape index (κ1) is 14.8. The minimum Gasteiger partial charge on any atom is -0.444 e. The molecule has 1 aromatic carbocycles. The average molecular weight is 272 g/mol. The molecule has 0 saturated carbocycles. The van der Waals surface area contributed by atoms with E-state index in [1.54, 1.807) is 45.9 Å². The molecule has 0 aliphatic rings. The standard InChI is InChI=1S/C13H18ClNO3/c1-8(16)10-7-9(14)5-6-11(10)15-12(17)18-13(2,3)4/h5-8,16H,1-4H3,(H,15,17)/t8-/m1/s1. The molecule has 0 bridgehead atoms. The molecule has 100 valence electrons. The maximum atomic E-state index is 11.6. The maximum absolute atomic E-state index is 11.6. The summed E-state index contributed by atoms with van der Waals surface area (Å²) in [7, 11) is 0. The van der Waals surface area contributed by atoms with Gasteiger partial charge in [0.15, 0.2) is 0 Å². The Labute approximate surface area is 112 Å². The molecular weight excluding hydrogens is 254 g/mol. The van der Waals surface area contributed by atoms with Gasteiger partial charge in [0, 0.05) is 16.3 Å². The fourth-order valence-electron chi connectivity index (χ4n) is 1.41. The molecule has 0 aliphatic carbocycles. The summed E-state index contributed by atoms with van der Waals surface area (Å²) in [5.41, 5.74) is 0.471. The molecule has 0 fully saturated rings. The molecule has 0 unspecified atom stereocenters. The molecule has 0 aromatic heterocycles. The van der Waals surface area contributed by atoms with Crippen LogP contribution in [0.3, 0.4) is 0 Å². The number of halogens is 1. The molecule has 1 aromatic rings. The van der Waals surface area contributed by atoms with Crippen molar-refractivity contribution < 1.29 is 14.6 Å². The number of benzene rings is 1. The van der Waals surface area contributed by atoms with E-state index in [0.717, 1.165) is 0 Å². The monoisotopic (exact) mass is 271 g/mol. The van der Waals surface area contributed by atoms with Gasteiger partial charge in [0.1, 0.15) is 5.60 Å². The van der Waals surface area contributed by atoms with Crippen LogP contribution in [0, 0.1) is 0 Å². The summed E-state index contributed by atoms with van der Waals surface area (Å²) in [5.74, 6) is 0. The second kappa shape index (κ2) is 5.59. The number of rotatable bonds is 2. The molecule has 0 heterocycles. The number of aliphatic hydroxyl groups is 1. The maximum Gasteiger partial charge on any atom is 0.412 e. The number of nitrogens with one attached hydrogen (secondary N) is 1. The van der Waals surface area contributed by atoms with Gasteiger partial charge in [-0.15, -0.1) is 0 Å². The summed E-state index contributed by atoms with van der Waals surface area (Å²) in [5, 5.41) is 12.7. The van der Waals surface area contributed by atoms with Crippen molar-refractivity contribution in [3.05, 3.63) is 28.8 Å². The Balaban J connectivity index is 2.88. The van der Waals surface area contributed by atoms with Crippen LogP contribution >= 0.6 is 11.6 Å². The zero-order valence-corrected chi connectivity index (χ0v) is 11.7. The van der Waals surface area contributed by atoms with Crippen molar-refractivity contribution in [2.24, 2.45) is 0 Å². The van der Waals surface area contributed by atoms with E-state index in [1.807, 2.05) is 0 Å². The largest absolute Gasteiger partial charge is 0.444 e. The molecule has 1 rings (SSSR count). The van der Waals surface area contributed by atoms with Crippen molar-refractivity contribution >= 4 is 23.4 Å². The Bertz CT molecular complexity index is 438. The van der Waals surface area contributed by atoms with E-state index < -0.39 is 17.8 Å². The molecule has 2 N–H and O–H groups in total. The Morgan fingerprint density at radius 1 is 1.44 bits per heavy atom. The highest BCUT2D eigenvalue weighted by molar-refractivity contribution is 6.30. The number of anilines is 1. The van der Waals surface area contributed by atoms with E-state index in [2.05, 4.69) is 5.32 Å². The number of hydrogen-bond acceptors (Lipinski definition) is 3. The third-order valence-corrected chi connectivity index (χ3v) is 2.33. The van der Waals surface area contributed by atoms with Gasteiger partial charge in [-0.2, -0.15) is 0 Å². The summed E-state index contributed by atoms with van der Waals surface area (Å²) >= 11 is 5.85. The number of carbonyl (C=O) groups is 1. The van der Waals surface area contributed by atoms with Crippen LogP contribution in [0.4, 0.5) is 10.5 Å². The lowest BCUT2D eigenvalue weighted by molar-refractivity contribution is 0.0635. The Morgan fingerprint density at radius 2 is 2.06 bits per heavy atom. The van der Waals surface area contributed by atoms with Crippen molar-refractivity contribution in [2.75, 3.05) is 5.32 Å². The van der Waals surface area contributed by atoms with Crippen molar-refractivity contribution in [3.63, 3.8) is 0 Å². The Kier molecular flexibility index (Phi) is 4.59. The van der Waals surface area contributed by atoms with E-state index in [9.17, 15) is 9.90 Å². The summed E-state index contributed by atoms with van der Waals surface area (Å²) < 4.78 is 5.14. The molecule has 1 atom stereocenters. The van der Waals surface area contributed by atoms with Crippen LogP contribution in [0.2, 0.25) is 5.02 Å². The average Bonchev–Trinajstić information content (AvgIpc) is 2.17. The summed E-state index contributed by atoms with van der Waals surface area (Å²) in [6, 6.07) is 4.88. The number of hydrogen-bond donors (Lipinski definition) is 2. The van der Waals surface area contributed by atoms with E-state index in [0.29, 0.717) is 16.3 Å². The summed E-state index contributed by atoms with van der Waals surface area (Å²) in [4.78, 5) is 11.6. The lowest BCUT2D eigenvalue weighted by Gasteiger charge is -2.21. The van der Waals surface area contributed by atoms with Gasteiger partial charge in [-0.05, 0) is 45.9 Å². The first-order valence-corrected chi connectivity index (χ1v) is 6.04. The molecular formula is C13H18ClNO3. The summed E-state index contributed by atoms with van der Waals surface area (Å²) in [6.45, 7) is 6.95. The first-order valence-electron chi connectivity index (χ1n) is 5.66. The van der Waals surface area contributed by atoms with Gasteiger partial charge < -0.3 is 9.84 Å². The minimum atomic E-state index is -0.728. The molecule has 0 saturated heterocycles. The quantitative estimate of drug-likeness (QED) is 0.861.